The second-order valence-corrected chi connectivity index (χ2v) is 4.90. The fourth-order valence-corrected chi connectivity index (χ4v) is 1.96. The lowest BCUT2D eigenvalue weighted by molar-refractivity contribution is -0.182. The highest BCUT2D eigenvalue weighted by molar-refractivity contribution is 5.90. The van der Waals surface area contributed by atoms with Crippen molar-refractivity contribution in [3.05, 3.63) is 0 Å². The Morgan fingerprint density at radius 1 is 0.818 bits per heavy atom. The fraction of sp³-hybridized carbons (Fsp3) is 0.800. The average molecular weight is 318 g/mol. The number of unbranched alkanes of at least 4 members (excludes halogenated alkanes) is 3. The van der Waals surface area contributed by atoms with Crippen molar-refractivity contribution in [1.82, 2.24) is 0 Å². The minimum atomic E-state index is -1.71. The molecular weight excluding hydrogens is 292 g/mol. The number of hydrogen-bond donors (Lipinski definition) is 0. The monoisotopic (exact) mass is 318 g/mol. The Bertz CT molecular complexity index is 347. The van der Waals surface area contributed by atoms with Gasteiger partial charge in [-0.05, 0) is 6.42 Å². The van der Waals surface area contributed by atoms with Crippen molar-refractivity contribution in [1.29, 1.82) is 0 Å². The quantitative estimate of drug-likeness (QED) is 0.325. The van der Waals surface area contributed by atoms with Crippen molar-refractivity contribution in [2.75, 3.05) is 27.9 Å². The van der Waals surface area contributed by atoms with Gasteiger partial charge in [0.2, 0.25) is 0 Å². The van der Waals surface area contributed by atoms with Crippen molar-refractivity contribution < 1.29 is 33.3 Å². The van der Waals surface area contributed by atoms with Crippen LogP contribution in [0.4, 0.5) is 0 Å². The lowest BCUT2D eigenvalue weighted by atomic mass is 9.95. The number of esters is 3. The van der Waals surface area contributed by atoms with Crippen LogP contribution in [-0.2, 0) is 33.3 Å². The maximum Gasteiger partial charge on any atom is 0.339 e. The lowest BCUT2D eigenvalue weighted by Crippen LogP contribution is -2.47. The molecule has 0 heterocycles. The largest absolute Gasteiger partial charge is 0.469 e. The fourth-order valence-electron chi connectivity index (χ4n) is 1.96. The van der Waals surface area contributed by atoms with Crippen LogP contribution >= 0.6 is 0 Å². The molecule has 0 bridgehead atoms. The second kappa shape index (κ2) is 11.0. The van der Waals surface area contributed by atoms with Gasteiger partial charge < -0.3 is 18.9 Å². The van der Waals surface area contributed by atoms with Crippen molar-refractivity contribution in [2.45, 2.75) is 51.0 Å². The smallest absolute Gasteiger partial charge is 0.339 e. The zero-order chi connectivity index (χ0) is 17.0. The molecule has 0 aliphatic heterocycles. The van der Waals surface area contributed by atoms with Gasteiger partial charge in [-0.2, -0.15) is 0 Å². The summed E-state index contributed by atoms with van der Waals surface area (Å²) < 4.78 is 19.5. The molecule has 0 amide bonds. The molecule has 7 heteroatoms. The van der Waals surface area contributed by atoms with Crippen LogP contribution in [0.2, 0.25) is 0 Å². The standard InChI is InChI=1S/C15H26O7/c1-5-6-7-8-9-22-15(14(18)21-4,10-12(16)19-2)11-13(17)20-3/h5-11H2,1-4H3. The molecule has 0 aromatic heterocycles. The van der Waals surface area contributed by atoms with E-state index >= 15 is 0 Å². The third-order valence-corrected chi connectivity index (χ3v) is 3.25. The zero-order valence-corrected chi connectivity index (χ0v) is 13.8. The summed E-state index contributed by atoms with van der Waals surface area (Å²) in [5, 5.41) is 0. The number of carbonyl (C=O) groups excluding carboxylic acids is 3. The van der Waals surface area contributed by atoms with Gasteiger partial charge in [-0.25, -0.2) is 4.79 Å². The van der Waals surface area contributed by atoms with Crippen molar-refractivity contribution >= 4 is 17.9 Å². The summed E-state index contributed by atoms with van der Waals surface area (Å²) in [5.74, 6) is -2.12. The van der Waals surface area contributed by atoms with Gasteiger partial charge in [0.05, 0.1) is 34.2 Å². The average Bonchev–Trinajstić information content (AvgIpc) is 2.53. The molecule has 0 saturated heterocycles. The van der Waals surface area contributed by atoms with E-state index in [1.165, 1.54) is 21.3 Å². The predicted octanol–water partition coefficient (Wildman–Crippen LogP) is 1.62. The van der Waals surface area contributed by atoms with E-state index in [1.54, 1.807) is 0 Å². The summed E-state index contributed by atoms with van der Waals surface area (Å²) in [6.07, 6.45) is 2.95. The van der Waals surface area contributed by atoms with E-state index in [1.807, 2.05) is 0 Å². The molecule has 0 radical (unpaired) electrons. The molecule has 0 aromatic rings. The molecule has 0 unspecified atom stereocenters. The van der Waals surface area contributed by atoms with E-state index < -0.39 is 36.4 Å². The molecule has 0 aliphatic carbocycles. The van der Waals surface area contributed by atoms with Gasteiger partial charge in [0.15, 0.2) is 5.60 Å². The Morgan fingerprint density at radius 2 is 1.36 bits per heavy atom. The third-order valence-electron chi connectivity index (χ3n) is 3.25. The number of rotatable bonds is 11. The molecule has 7 nitrogen and oxygen atoms in total. The first-order valence-electron chi connectivity index (χ1n) is 7.31. The number of carbonyl (C=O) groups is 3. The van der Waals surface area contributed by atoms with Crippen molar-refractivity contribution in [3.63, 3.8) is 0 Å². The topological polar surface area (TPSA) is 88.1 Å². The van der Waals surface area contributed by atoms with Crippen LogP contribution in [0.3, 0.4) is 0 Å². The minimum Gasteiger partial charge on any atom is -0.469 e. The van der Waals surface area contributed by atoms with E-state index in [4.69, 9.17) is 9.47 Å². The number of ether oxygens (including phenoxy) is 4. The molecule has 0 saturated carbocycles. The number of methoxy groups -OCH3 is 3. The maximum atomic E-state index is 12.1. The molecule has 0 fully saturated rings. The summed E-state index contributed by atoms with van der Waals surface area (Å²) >= 11 is 0. The Labute approximate surface area is 131 Å². The molecule has 0 rings (SSSR count). The Morgan fingerprint density at radius 3 is 1.77 bits per heavy atom. The predicted molar refractivity (Wildman–Crippen MR) is 78.1 cm³/mol. The van der Waals surface area contributed by atoms with Crippen LogP contribution in [0.25, 0.3) is 0 Å². The van der Waals surface area contributed by atoms with E-state index in [2.05, 4.69) is 16.4 Å². The number of hydrogen-bond acceptors (Lipinski definition) is 7. The van der Waals surface area contributed by atoms with E-state index in [0.717, 1.165) is 25.7 Å². The molecule has 0 spiro atoms. The van der Waals surface area contributed by atoms with Gasteiger partial charge >= 0.3 is 17.9 Å². The van der Waals surface area contributed by atoms with Crippen LogP contribution in [0.5, 0.6) is 0 Å². The van der Waals surface area contributed by atoms with Crippen LogP contribution in [0.1, 0.15) is 45.4 Å². The van der Waals surface area contributed by atoms with E-state index in [-0.39, 0.29) is 6.61 Å². The molecule has 128 valence electrons. The van der Waals surface area contributed by atoms with E-state index in [0.29, 0.717) is 0 Å². The molecule has 0 N–H and O–H groups in total. The maximum absolute atomic E-state index is 12.1. The highest BCUT2D eigenvalue weighted by Gasteiger charge is 2.45. The summed E-state index contributed by atoms with van der Waals surface area (Å²) in [7, 11) is 3.57. The molecular formula is C15H26O7. The minimum absolute atomic E-state index is 0.239. The van der Waals surface area contributed by atoms with Crippen molar-refractivity contribution in [3.8, 4) is 0 Å². The van der Waals surface area contributed by atoms with Crippen LogP contribution in [0.15, 0.2) is 0 Å². The van der Waals surface area contributed by atoms with Gasteiger partial charge in [-0.3, -0.25) is 9.59 Å². The second-order valence-electron chi connectivity index (χ2n) is 4.90. The molecule has 0 aromatic carbocycles. The van der Waals surface area contributed by atoms with Gasteiger partial charge in [-0.1, -0.05) is 26.2 Å². The molecule has 0 aliphatic rings. The summed E-state index contributed by atoms with van der Waals surface area (Å²) in [6.45, 7) is 2.32. The SMILES string of the molecule is CCCCCCOC(CC(=O)OC)(CC(=O)OC)C(=O)OC. The lowest BCUT2D eigenvalue weighted by Gasteiger charge is -2.29. The zero-order valence-electron chi connectivity index (χ0n) is 13.8. The Hall–Kier alpha value is -1.63. The highest BCUT2D eigenvalue weighted by atomic mass is 16.6. The summed E-state index contributed by atoms with van der Waals surface area (Å²) in [5.41, 5.74) is -1.71. The first-order chi connectivity index (χ1) is 10.5. The van der Waals surface area contributed by atoms with Gasteiger partial charge in [0, 0.05) is 6.61 Å². The van der Waals surface area contributed by atoms with Crippen LogP contribution in [-0.4, -0.2) is 51.4 Å². The first-order valence-corrected chi connectivity index (χ1v) is 7.31. The molecule has 22 heavy (non-hydrogen) atoms. The Balaban J connectivity index is 5.04. The first kappa shape index (κ1) is 20.4. The van der Waals surface area contributed by atoms with E-state index in [9.17, 15) is 14.4 Å². The Kier molecular flexibility index (Phi) is 10.2. The van der Waals surface area contributed by atoms with Gasteiger partial charge in [-0.15, -0.1) is 0 Å². The third kappa shape index (κ3) is 6.89. The summed E-state index contributed by atoms with van der Waals surface area (Å²) in [4.78, 5) is 35.3. The normalized spacial score (nSPS) is 10.9. The van der Waals surface area contributed by atoms with Crippen molar-refractivity contribution in [2.24, 2.45) is 0 Å². The van der Waals surface area contributed by atoms with Gasteiger partial charge in [0.25, 0.3) is 0 Å². The van der Waals surface area contributed by atoms with Crippen LogP contribution in [0, 0.1) is 0 Å². The van der Waals surface area contributed by atoms with Gasteiger partial charge in [0.1, 0.15) is 0 Å². The summed E-state index contributed by atoms with van der Waals surface area (Å²) in [6, 6.07) is 0. The van der Waals surface area contributed by atoms with Crippen LogP contribution < -0.4 is 0 Å². The highest BCUT2D eigenvalue weighted by Crippen LogP contribution is 2.25. The molecule has 0 atom stereocenters.